The van der Waals surface area contributed by atoms with Crippen LogP contribution >= 0.6 is 0 Å². The molecule has 3 saturated carbocycles. The van der Waals surface area contributed by atoms with Crippen LogP contribution in [-0.4, -0.2) is 64.6 Å². The van der Waals surface area contributed by atoms with Crippen LogP contribution in [0.4, 0.5) is 0 Å². The number of Topliss-reactive ketones (excluding diaryl/α,β-unsaturated/α-hetero) is 1. The van der Waals surface area contributed by atoms with Crippen molar-refractivity contribution in [1.29, 1.82) is 0 Å². The molecule has 4 aliphatic rings. The maximum absolute atomic E-state index is 13.7. The van der Waals surface area contributed by atoms with Gasteiger partial charge in [-0.25, -0.2) is 0 Å². The quantitative estimate of drug-likeness (QED) is 0.375. The highest BCUT2D eigenvalue weighted by molar-refractivity contribution is 6.01. The first-order chi connectivity index (χ1) is 17.4. The van der Waals surface area contributed by atoms with Gasteiger partial charge in [-0.2, -0.15) is 0 Å². The highest BCUT2D eigenvalue weighted by Crippen LogP contribution is 2.68. The topological polar surface area (TPSA) is 123 Å². The molecule has 1 unspecified atom stereocenters. The summed E-state index contributed by atoms with van der Waals surface area (Å²) >= 11 is 0. The van der Waals surface area contributed by atoms with Gasteiger partial charge in [0.15, 0.2) is 11.6 Å². The molecule has 0 aromatic carbocycles. The molecule has 3 fully saturated rings. The first kappa shape index (κ1) is 28.6. The molecule has 3 N–H and O–H groups in total. The van der Waals surface area contributed by atoms with Gasteiger partial charge >= 0.3 is 6.16 Å². The Balaban J connectivity index is 1.58. The molecule has 8 atom stereocenters. The predicted molar refractivity (Wildman–Crippen MR) is 136 cm³/mol. The van der Waals surface area contributed by atoms with Crippen LogP contribution in [0.5, 0.6) is 0 Å². The molecule has 0 heterocycles. The van der Waals surface area contributed by atoms with E-state index >= 15 is 0 Å². The highest BCUT2D eigenvalue weighted by Gasteiger charge is 2.70. The van der Waals surface area contributed by atoms with E-state index in [9.17, 15) is 24.9 Å². The molecule has 4 aliphatic carbocycles. The number of aliphatic hydroxyl groups excluding tert-OH is 1. The van der Waals surface area contributed by atoms with E-state index in [2.05, 4.69) is 6.92 Å². The average Bonchev–Trinajstić information content (AvgIpc) is 3.06. The number of aliphatic hydroxyl groups is 3. The number of fused-ring (bicyclic) bond motifs is 5. The van der Waals surface area contributed by atoms with E-state index < -0.39 is 41.1 Å². The van der Waals surface area contributed by atoms with Crippen molar-refractivity contribution in [1.82, 2.24) is 0 Å². The molecule has 0 amide bonds. The summed E-state index contributed by atoms with van der Waals surface area (Å²) < 4.78 is 16.2. The van der Waals surface area contributed by atoms with E-state index in [4.69, 9.17) is 14.2 Å². The predicted octanol–water partition coefficient (Wildman–Crippen LogP) is 3.28. The van der Waals surface area contributed by atoms with E-state index in [1.165, 1.54) is 0 Å². The van der Waals surface area contributed by atoms with E-state index in [0.29, 0.717) is 19.3 Å². The van der Waals surface area contributed by atoms with Crippen molar-refractivity contribution in [2.75, 3.05) is 19.8 Å². The van der Waals surface area contributed by atoms with Gasteiger partial charge in [-0.3, -0.25) is 14.3 Å². The summed E-state index contributed by atoms with van der Waals surface area (Å²) in [7, 11) is 0. The van der Waals surface area contributed by atoms with Crippen LogP contribution in [0, 0.1) is 34.5 Å². The molecule has 0 bridgehead atoms. The monoisotopic (exact) mass is 520 g/mol. The number of hydrogen-bond donors (Lipinski definition) is 3. The van der Waals surface area contributed by atoms with Crippen LogP contribution in [0.15, 0.2) is 23.8 Å². The van der Waals surface area contributed by atoms with Gasteiger partial charge < -0.3 is 24.8 Å². The summed E-state index contributed by atoms with van der Waals surface area (Å²) in [4.78, 5) is 25.7. The van der Waals surface area contributed by atoms with Gasteiger partial charge in [0.1, 0.15) is 12.2 Å². The van der Waals surface area contributed by atoms with E-state index in [1.54, 1.807) is 12.2 Å². The molecule has 0 aliphatic heterocycles. The van der Waals surface area contributed by atoms with Crippen LogP contribution < -0.4 is 0 Å². The molecule has 0 aromatic rings. The second-order valence-electron chi connectivity index (χ2n) is 12.0. The fraction of sp³-hybridized carbons (Fsp3) is 0.793. The van der Waals surface area contributed by atoms with E-state index in [-0.39, 0.29) is 49.1 Å². The molecular weight excluding hydrogens is 476 g/mol. The highest BCUT2D eigenvalue weighted by atomic mass is 17.0. The SMILES string of the molecule is CCCOC(O)(OCCC)OCC(=O)[C@@]1(O)[C@H](C)C[C@H]2[C@@H]3CCC4=CC(=O)C=C[C@]4(C)[C@H]3C(O)C[C@@]21C. The Morgan fingerprint density at radius 1 is 1.16 bits per heavy atom. The smallest absolute Gasteiger partial charge is 0.393 e. The minimum Gasteiger partial charge on any atom is -0.393 e. The lowest BCUT2D eigenvalue weighted by atomic mass is 9.46. The lowest BCUT2D eigenvalue weighted by Crippen LogP contribution is -2.63. The van der Waals surface area contributed by atoms with E-state index in [0.717, 1.165) is 18.4 Å². The van der Waals surface area contributed by atoms with Crippen molar-refractivity contribution in [2.24, 2.45) is 34.5 Å². The first-order valence-electron chi connectivity index (χ1n) is 13.9. The number of ketones is 2. The van der Waals surface area contributed by atoms with Gasteiger partial charge in [-0.15, -0.1) is 0 Å². The summed E-state index contributed by atoms with van der Waals surface area (Å²) in [6.07, 6.45) is 5.86. The molecule has 0 radical (unpaired) electrons. The molecule has 0 saturated heterocycles. The Hall–Kier alpha value is -1.42. The van der Waals surface area contributed by atoms with Crippen LogP contribution in [0.25, 0.3) is 0 Å². The number of hydrogen-bond acceptors (Lipinski definition) is 8. The second-order valence-corrected chi connectivity index (χ2v) is 12.0. The van der Waals surface area contributed by atoms with Gasteiger partial charge in [0.2, 0.25) is 0 Å². The lowest BCUT2D eigenvalue weighted by Gasteiger charge is -2.59. The van der Waals surface area contributed by atoms with Crippen molar-refractivity contribution in [2.45, 2.75) is 91.0 Å². The van der Waals surface area contributed by atoms with Gasteiger partial charge in [-0.1, -0.05) is 46.3 Å². The third-order valence-electron chi connectivity index (χ3n) is 9.87. The number of carbonyl (C=O) groups excluding carboxylic acids is 2. The number of ether oxygens (including phenoxy) is 3. The molecule has 0 aromatic heterocycles. The zero-order valence-electron chi connectivity index (χ0n) is 22.9. The maximum Gasteiger partial charge on any atom is 0.410 e. The van der Waals surface area contributed by atoms with E-state index in [1.807, 2.05) is 33.8 Å². The summed E-state index contributed by atoms with van der Waals surface area (Å²) in [6.45, 7) is 9.43. The maximum atomic E-state index is 13.7. The largest absolute Gasteiger partial charge is 0.410 e. The molecule has 0 spiro atoms. The van der Waals surface area contributed by atoms with Crippen LogP contribution in [0.2, 0.25) is 0 Å². The average molecular weight is 521 g/mol. The fourth-order valence-electron chi connectivity index (χ4n) is 8.11. The zero-order chi connectivity index (χ0) is 27.2. The van der Waals surface area contributed by atoms with Crippen molar-refractivity contribution in [3.05, 3.63) is 23.8 Å². The Bertz CT molecular complexity index is 950. The molecular formula is C29H44O8. The molecule has 8 heteroatoms. The van der Waals surface area contributed by atoms with Gasteiger partial charge in [-0.05, 0) is 68.4 Å². The number of rotatable bonds is 10. The van der Waals surface area contributed by atoms with Crippen molar-refractivity contribution >= 4 is 11.6 Å². The minimum absolute atomic E-state index is 0.0127. The molecule has 8 nitrogen and oxygen atoms in total. The van der Waals surface area contributed by atoms with Crippen molar-refractivity contribution in [3.8, 4) is 0 Å². The summed E-state index contributed by atoms with van der Waals surface area (Å²) in [6, 6.07) is 0. The third kappa shape index (κ3) is 4.57. The third-order valence-corrected chi connectivity index (χ3v) is 9.87. The molecule has 208 valence electrons. The van der Waals surface area contributed by atoms with Gasteiger partial charge in [0, 0.05) is 16.7 Å². The van der Waals surface area contributed by atoms with Crippen molar-refractivity contribution in [3.63, 3.8) is 0 Å². The number of carbonyl (C=O) groups is 2. The van der Waals surface area contributed by atoms with Crippen molar-refractivity contribution < 1.29 is 39.1 Å². The number of allylic oxidation sites excluding steroid dienone is 4. The summed E-state index contributed by atoms with van der Waals surface area (Å²) in [5.74, 6) is -0.899. The Kier molecular flexibility index (Phi) is 7.94. The molecule has 37 heavy (non-hydrogen) atoms. The second kappa shape index (κ2) is 10.3. The normalized spacial score (nSPS) is 41.1. The standard InChI is InChI=1S/C29H44O8/c1-6-12-35-29(34,36-13-7-2)37-17-24(32)28(33)18(3)14-22-21-9-8-19-15-20(30)10-11-26(19,4)25(21)23(31)16-27(22,28)5/h10-11,15,18,21-23,25,31,33-34H,6-9,12-14,16-17H2,1-5H3/t18-,21+,22+,23?,25-,26+,27+,28+/m1/s1. The Labute approximate surface area is 220 Å². The summed E-state index contributed by atoms with van der Waals surface area (Å²) in [5, 5.41) is 34.3. The zero-order valence-corrected chi connectivity index (χ0v) is 22.9. The van der Waals surface area contributed by atoms with Crippen LogP contribution in [0.1, 0.15) is 73.1 Å². The Morgan fingerprint density at radius 3 is 2.43 bits per heavy atom. The first-order valence-corrected chi connectivity index (χ1v) is 13.9. The fourth-order valence-corrected chi connectivity index (χ4v) is 8.11. The van der Waals surface area contributed by atoms with Gasteiger partial charge in [0.25, 0.3) is 0 Å². The summed E-state index contributed by atoms with van der Waals surface area (Å²) in [5.41, 5.74) is -1.97. The Morgan fingerprint density at radius 2 is 1.81 bits per heavy atom. The van der Waals surface area contributed by atoms with Crippen LogP contribution in [0.3, 0.4) is 0 Å². The lowest BCUT2D eigenvalue weighted by molar-refractivity contribution is -0.483. The van der Waals surface area contributed by atoms with Crippen LogP contribution in [-0.2, 0) is 23.8 Å². The minimum atomic E-state index is -2.36. The molecule has 4 rings (SSSR count). The van der Waals surface area contributed by atoms with Gasteiger partial charge in [0.05, 0.1) is 19.3 Å².